The number of carbonyl (C=O) groups is 1. The van der Waals surface area contributed by atoms with Crippen molar-refractivity contribution in [3.05, 3.63) is 89.2 Å². The van der Waals surface area contributed by atoms with Gasteiger partial charge in [-0.1, -0.05) is 60.6 Å². The SMILES string of the molecule is CCC(C)NC(=O)c1ccc(Cn2c(SCc3ccc(C)cc3)nc3ccncc32)cc1. The van der Waals surface area contributed by atoms with E-state index in [1.807, 2.05) is 43.5 Å². The monoisotopic (exact) mass is 444 g/mol. The lowest BCUT2D eigenvalue weighted by molar-refractivity contribution is 0.0939. The maximum Gasteiger partial charge on any atom is 0.251 e. The van der Waals surface area contributed by atoms with Crippen molar-refractivity contribution in [1.29, 1.82) is 0 Å². The summed E-state index contributed by atoms with van der Waals surface area (Å²) >= 11 is 1.73. The van der Waals surface area contributed by atoms with Crippen LogP contribution in [0.5, 0.6) is 0 Å². The summed E-state index contributed by atoms with van der Waals surface area (Å²) in [5.74, 6) is 0.823. The van der Waals surface area contributed by atoms with Crippen molar-refractivity contribution < 1.29 is 4.79 Å². The van der Waals surface area contributed by atoms with Crippen LogP contribution in [0.1, 0.15) is 47.3 Å². The number of pyridine rings is 1. The van der Waals surface area contributed by atoms with Crippen LogP contribution in [0.15, 0.2) is 72.1 Å². The first-order chi connectivity index (χ1) is 15.5. The summed E-state index contributed by atoms with van der Waals surface area (Å²) in [5, 5.41) is 3.98. The second-order valence-electron chi connectivity index (χ2n) is 8.10. The number of aromatic nitrogens is 3. The van der Waals surface area contributed by atoms with Crippen LogP contribution in [0.25, 0.3) is 11.0 Å². The third-order valence-electron chi connectivity index (χ3n) is 5.55. The Bertz CT molecular complexity index is 1200. The highest BCUT2D eigenvalue weighted by Gasteiger charge is 2.13. The molecule has 4 aromatic rings. The quantitative estimate of drug-likeness (QED) is 0.359. The molecule has 0 spiro atoms. The number of thioether (sulfide) groups is 1. The Kier molecular flexibility index (Phi) is 6.90. The van der Waals surface area contributed by atoms with Crippen LogP contribution >= 0.6 is 11.8 Å². The van der Waals surface area contributed by atoms with Gasteiger partial charge in [-0.25, -0.2) is 4.98 Å². The molecular weight excluding hydrogens is 416 g/mol. The highest BCUT2D eigenvalue weighted by molar-refractivity contribution is 7.98. The molecule has 0 saturated carbocycles. The van der Waals surface area contributed by atoms with Crippen molar-refractivity contribution in [3.8, 4) is 0 Å². The van der Waals surface area contributed by atoms with E-state index in [0.29, 0.717) is 12.1 Å². The number of nitrogens with one attached hydrogen (secondary N) is 1. The molecule has 164 valence electrons. The third-order valence-corrected chi connectivity index (χ3v) is 6.60. The normalized spacial score (nSPS) is 12.1. The Morgan fingerprint density at radius 1 is 1.06 bits per heavy atom. The lowest BCUT2D eigenvalue weighted by Crippen LogP contribution is -2.31. The molecule has 0 aliphatic rings. The number of hydrogen-bond donors (Lipinski definition) is 1. The lowest BCUT2D eigenvalue weighted by Gasteiger charge is -2.12. The number of benzene rings is 2. The van der Waals surface area contributed by atoms with E-state index in [2.05, 4.69) is 53.0 Å². The number of fused-ring (bicyclic) bond motifs is 1. The molecule has 1 N–H and O–H groups in total. The van der Waals surface area contributed by atoms with Crippen LogP contribution < -0.4 is 5.32 Å². The van der Waals surface area contributed by atoms with E-state index in [1.165, 1.54) is 11.1 Å². The fourth-order valence-electron chi connectivity index (χ4n) is 3.40. The summed E-state index contributed by atoms with van der Waals surface area (Å²) < 4.78 is 2.20. The molecule has 1 amide bonds. The topological polar surface area (TPSA) is 59.8 Å². The molecule has 2 aromatic heterocycles. The molecule has 1 unspecified atom stereocenters. The Morgan fingerprint density at radius 2 is 1.78 bits per heavy atom. The molecule has 5 nitrogen and oxygen atoms in total. The number of rotatable bonds is 8. The van der Waals surface area contributed by atoms with Gasteiger partial charge < -0.3 is 9.88 Å². The maximum absolute atomic E-state index is 12.4. The van der Waals surface area contributed by atoms with Crippen LogP contribution in [0.2, 0.25) is 0 Å². The number of carbonyl (C=O) groups excluding carboxylic acids is 1. The van der Waals surface area contributed by atoms with Crippen molar-refractivity contribution in [2.24, 2.45) is 0 Å². The lowest BCUT2D eigenvalue weighted by atomic mass is 10.1. The number of imidazole rings is 1. The van der Waals surface area contributed by atoms with E-state index >= 15 is 0 Å². The van der Waals surface area contributed by atoms with Crippen LogP contribution in [0.3, 0.4) is 0 Å². The molecule has 32 heavy (non-hydrogen) atoms. The highest BCUT2D eigenvalue weighted by Crippen LogP contribution is 2.27. The molecule has 0 fully saturated rings. The fourth-order valence-corrected chi connectivity index (χ4v) is 4.37. The van der Waals surface area contributed by atoms with Gasteiger partial charge in [-0.15, -0.1) is 0 Å². The van der Waals surface area contributed by atoms with Crippen LogP contribution in [0.4, 0.5) is 0 Å². The third kappa shape index (κ3) is 5.19. The number of hydrogen-bond acceptors (Lipinski definition) is 4. The van der Waals surface area contributed by atoms with Gasteiger partial charge in [-0.3, -0.25) is 9.78 Å². The Balaban J connectivity index is 1.54. The molecule has 0 saturated heterocycles. The molecular formula is C26H28N4OS. The average Bonchev–Trinajstić information content (AvgIpc) is 3.16. The smallest absolute Gasteiger partial charge is 0.251 e. The van der Waals surface area contributed by atoms with E-state index in [9.17, 15) is 4.79 Å². The predicted molar refractivity (Wildman–Crippen MR) is 131 cm³/mol. The highest BCUT2D eigenvalue weighted by atomic mass is 32.2. The van der Waals surface area contributed by atoms with Crippen molar-refractivity contribution in [3.63, 3.8) is 0 Å². The van der Waals surface area contributed by atoms with Gasteiger partial charge in [0.2, 0.25) is 0 Å². The zero-order valence-electron chi connectivity index (χ0n) is 18.7. The summed E-state index contributed by atoms with van der Waals surface area (Å²) in [7, 11) is 0. The zero-order chi connectivity index (χ0) is 22.5. The van der Waals surface area contributed by atoms with Crippen molar-refractivity contribution in [2.75, 3.05) is 0 Å². The first-order valence-electron chi connectivity index (χ1n) is 10.9. The summed E-state index contributed by atoms with van der Waals surface area (Å²) in [5.41, 5.74) is 6.28. The van der Waals surface area contributed by atoms with Gasteiger partial charge in [0.05, 0.1) is 23.8 Å². The van der Waals surface area contributed by atoms with Gasteiger partial charge in [0.15, 0.2) is 5.16 Å². The van der Waals surface area contributed by atoms with Gasteiger partial charge in [0.25, 0.3) is 5.91 Å². The van der Waals surface area contributed by atoms with Crippen LogP contribution in [0, 0.1) is 6.92 Å². The van der Waals surface area contributed by atoms with E-state index < -0.39 is 0 Å². The van der Waals surface area contributed by atoms with Gasteiger partial charge in [0, 0.05) is 23.6 Å². The minimum atomic E-state index is -0.0301. The standard InChI is InChI=1S/C26H28N4OS/c1-4-19(3)28-25(31)22-11-9-20(10-12-22)16-30-24-15-27-14-13-23(24)29-26(30)32-17-21-7-5-18(2)6-8-21/h5-15,19H,4,16-17H2,1-3H3,(H,28,31). The molecule has 4 rings (SSSR count). The zero-order valence-corrected chi connectivity index (χ0v) is 19.5. The van der Waals surface area contributed by atoms with Crippen LogP contribution in [-0.4, -0.2) is 26.5 Å². The maximum atomic E-state index is 12.4. The number of amides is 1. The van der Waals surface area contributed by atoms with Crippen molar-refractivity contribution in [1.82, 2.24) is 19.9 Å². The second-order valence-corrected chi connectivity index (χ2v) is 9.04. The van der Waals surface area contributed by atoms with Gasteiger partial charge in [-0.05, 0) is 49.6 Å². The molecule has 2 heterocycles. The number of aryl methyl sites for hydroxylation is 1. The largest absolute Gasteiger partial charge is 0.350 e. The first kappa shape index (κ1) is 22.1. The van der Waals surface area contributed by atoms with Crippen molar-refractivity contribution in [2.45, 2.75) is 50.7 Å². The van der Waals surface area contributed by atoms with Crippen molar-refractivity contribution >= 4 is 28.7 Å². The van der Waals surface area contributed by atoms with Gasteiger partial charge >= 0.3 is 0 Å². The minimum absolute atomic E-state index is 0.0301. The molecule has 0 bridgehead atoms. The van der Waals surface area contributed by atoms with Gasteiger partial charge in [-0.2, -0.15) is 0 Å². The molecule has 0 radical (unpaired) electrons. The first-order valence-corrected chi connectivity index (χ1v) is 11.9. The van der Waals surface area contributed by atoms with Crippen LogP contribution in [-0.2, 0) is 12.3 Å². The number of nitrogens with zero attached hydrogens (tertiary/aromatic N) is 3. The summed E-state index contributed by atoms with van der Waals surface area (Å²) in [6.45, 7) is 6.85. The summed E-state index contributed by atoms with van der Waals surface area (Å²) in [4.78, 5) is 21.5. The van der Waals surface area contributed by atoms with E-state index in [-0.39, 0.29) is 11.9 Å². The molecule has 2 aromatic carbocycles. The van der Waals surface area contributed by atoms with E-state index in [4.69, 9.17) is 4.98 Å². The van der Waals surface area contributed by atoms with Gasteiger partial charge in [0.1, 0.15) is 0 Å². The Labute approximate surface area is 193 Å². The Hall–Kier alpha value is -3.12. The van der Waals surface area contributed by atoms with E-state index in [0.717, 1.165) is 33.9 Å². The molecule has 6 heteroatoms. The fraction of sp³-hybridized carbons (Fsp3) is 0.269. The predicted octanol–water partition coefficient (Wildman–Crippen LogP) is 5.61. The Morgan fingerprint density at radius 3 is 2.50 bits per heavy atom. The second kappa shape index (κ2) is 10.0. The summed E-state index contributed by atoms with van der Waals surface area (Å²) in [6, 6.07) is 18.5. The molecule has 1 atom stereocenters. The van der Waals surface area contributed by atoms with E-state index in [1.54, 1.807) is 18.0 Å². The molecule has 0 aliphatic heterocycles. The minimum Gasteiger partial charge on any atom is -0.350 e. The molecule has 0 aliphatic carbocycles. The average molecular weight is 445 g/mol. The summed E-state index contributed by atoms with van der Waals surface area (Å²) in [6.07, 6.45) is 4.56.